The highest BCUT2D eigenvalue weighted by Crippen LogP contribution is 2.26. The molecule has 4 rings (SSSR count). The first-order valence-electron chi connectivity index (χ1n) is 12.0. The number of carbonyl (C=O) groups excluding carboxylic acids is 1. The molecule has 0 radical (unpaired) electrons. The van der Waals surface area contributed by atoms with E-state index in [9.17, 15) is 9.90 Å². The molecule has 34 heavy (non-hydrogen) atoms. The Morgan fingerprint density at radius 2 is 1.97 bits per heavy atom. The fourth-order valence-electron chi connectivity index (χ4n) is 4.28. The topological polar surface area (TPSA) is 124 Å². The molecule has 3 heterocycles. The number of hydrogen-bond donors (Lipinski definition) is 5. The molecule has 10 nitrogen and oxygen atoms in total. The van der Waals surface area contributed by atoms with Gasteiger partial charge in [-0.1, -0.05) is 12.1 Å². The lowest BCUT2D eigenvalue weighted by molar-refractivity contribution is -0.142. The van der Waals surface area contributed by atoms with Crippen molar-refractivity contribution in [3.8, 4) is 5.75 Å². The maximum Gasteiger partial charge on any atom is 0.252 e. The molecule has 1 aromatic heterocycles. The van der Waals surface area contributed by atoms with Crippen LogP contribution in [0.2, 0.25) is 0 Å². The van der Waals surface area contributed by atoms with E-state index in [0.29, 0.717) is 51.1 Å². The van der Waals surface area contributed by atoms with Crippen LogP contribution in [0.15, 0.2) is 30.3 Å². The lowest BCUT2D eigenvalue weighted by atomic mass is 9.90. The number of ether oxygens (including phenoxy) is 1. The third kappa shape index (κ3) is 5.94. The second-order valence-electron chi connectivity index (χ2n) is 9.10. The Kier molecular flexibility index (Phi) is 7.50. The van der Waals surface area contributed by atoms with Crippen LogP contribution in [0.1, 0.15) is 44.4 Å². The molecule has 2 atom stereocenters. The Morgan fingerprint density at radius 3 is 2.62 bits per heavy atom. The predicted molar refractivity (Wildman–Crippen MR) is 130 cm³/mol. The van der Waals surface area contributed by atoms with Gasteiger partial charge in [-0.25, -0.2) is 10.4 Å². The van der Waals surface area contributed by atoms with E-state index in [-0.39, 0.29) is 12.1 Å². The van der Waals surface area contributed by atoms with Crippen LogP contribution in [-0.4, -0.2) is 58.5 Å². The number of nitrogens with one attached hydrogen (secondary N) is 4. The fourth-order valence-corrected chi connectivity index (χ4v) is 4.28. The van der Waals surface area contributed by atoms with Gasteiger partial charge in [-0.15, -0.1) is 0 Å². The summed E-state index contributed by atoms with van der Waals surface area (Å²) < 4.78 is 5.44. The van der Waals surface area contributed by atoms with Gasteiger partial charge in [-0.2, -0.15) is 4.98 Å². The number of rotatable bonds is 8. The van der Waals surface area contributed by atoms with Gasteiger partial charge in [0.15, 0.2) is 0 Å². The molecule has 1 aromatic carbocycles. The fraction of sp³-hybridized carbons (Fsp3) is 0.542. The molecule has 0 spiro atoms. The van der Waals surface area contributed by atoms with Gasteiger partial charge in [-0.05, 0) is 44.9 Å². The van der Waals surface area contributed by atoms with E-state index < -0.39 is 5.60 Å². The van der Waals surface area contributed by atoms with Crippen molar-refractivity contribution in [1.82, 2.24) is 26.1 Å². The SMILES string of the molecule is CCOc1ccc(CNC(=O)C2(O)CCN(c3nc(C)cc(NC4CC(C)NN4)n3)CC2)cc1. The van der Waals surface area contributed by atoms with Crippen molar-refractivity contribution in [3.63, 3.8) is 0 Å². The molecule has 2 aromatic rings. The third-order valence-electron chi connectivity index (χ3n) is 6.24. The highest BCUT2D eigenvalue weighted by atomic mass is 16.5. The molecule has 10 heteroatoms. The molecule has 2 aliphatic rings. The summed E-state index contributed by atoms with van der Waals surface area (Å²) in [6.45, 7) is 7.96. The summed E-state index contributed by atoms with van der Waals surface area (Å²) in [4.78, 5) is 24.1. The van der Waals surface area contributed by atoms with Crippen LogP contribution in [0.4, 0.5) is 11.8 Å². The van der Waals surface area contributed by atoms with E-state index >= 15 is 0 Å². The number of carbonyl (C=O) groups is 1. The Hall–Kier alpha value is -2.95. The van der Waals surface area contributed by atoms with E-state index in [0.717, 1.165) is 29.2 Å². The van der Waals surface area contributed by atoms with Gasteiger partial charge in [0.05, 0.1) is 12.8 Å². The summed E-state index contributed by atoms with van der Waals surface area (Å²) >= 11 is 0. The summed E-state index contributed by atoms with van der Waals surface area (Å²) in [6, 6.07) is 9.89. The van der Waals surface area contributed by atoms with E-state index in [2.05, 4.69) is 38.4 Å². The maximum absolute atomic E-state index is 12.8. The lowest BCUT2D eigenvalue weighted by Crippen LogP contribution is -2.54. The molecule has 0 bridgehead atoms. The first-order chi connectivity index (χ1) is 16.3. The Morgan fingerprint density at radius 1 is 1.24 bits per heavy atom. The molecular formula is C24H35N7O3. The number of aryl methyl sites for hydroxylation is 1. The number of hydrogen-bond acceptors (Lipinski definition) is 9. The maximum atomic E-state index is 12.8. The zero-order valence-electron chi connectivity index (χ0n) is 20.1. The van der Waals surface area contributed by atoms with Gasteiger partial charge in [0, 0.05) is 50.3 Å². The number of piperidine rings is 1. The Balaban J connectivity index is 1.31. The van der Waals surface area contributed by atoms with Crippen molar-refractivity contribution in [3.05, 3.63) is 41.6 Å². The lowest BCUT2D eigenvalue weighted by Gasteiger charge is -2.37. The van der Waals surface area contributed by atoms with Crippen LogP contribution in [0, 0.1) is 6.92 Å². The second kappa shape index (κ2) is 10.5. The molecule has 1 amide bonds. The Bertz CT molecular complexity index is 977. The number of amides is 1. The van der Waals surface area contributed by atoms with Crippen molar-refractivity contribution in [2.75, 3.05) is 29.9 Å². The van der Waals surface area contributed by atoms with Crippen molar-refractivity contribution >= 4 is 17.7 Å². The Labute approximate surface area is 200 Å². The van der Waals surface area contributed by atoms with Crippen LogP contribution in [0.3, 0.4) is 0 Å². The highest BCUT2D eigenvalue weighted by molar-refractivity contribution is 5.85. The quantitative estimate of drug-likeness (QED) is 0.391. The normalized spacial score (nSPS) is 21.8. The van der Waals surface area contributed by atoms with Crippen LogP contribution >= 0.6 is 0 Å². The van der Waals surface area contributed by atoms with Crippen LogP contribution < -0.4 is 31.1 Å². The van der Waals surface area contributed by atoms with Crippen molar-refractivity contribution in [2.24, 2.45) is 0 Å². The molecule has 2 unspecified atom stereocenters. The first kappa shape index (κ1) is 24.2. The number of benzene rings is 1. The molecule has 2 fully saturated rings. The van der Waals surface area contributed by atoms with Gasteiger partial charge in [0.2, 0.25) is 5.95 Å². The van der Waals surface area contributed by atoms with E-state index in [1.54, 1.807) is 0 Å². The monoisotopic (exact) mass is 469 g/mol. The van der Waals surface area contributed by atoms with E-state index in [4.69, 9.17) is 4.74 Å². The number of nitrogens with zero attached hydrogens (tertiary/aromatic N) is 3. The molecule has 2 aliphatic heterocycles. The van der Waals surface area contributed by atoms with Crippen LogP contribution in [-0.2, 0) is 11.3 Å². The zero-order chi connectivity index (χ0) is 24.1. The van der Waals surface area contributed by atoms with Gasteiger partial charge >= 0.3 is 0 Å². The minimum absolute atomic E-state index is 0.0997. The summed E-state index contributed by atoms with van der Waals surface area (Å²) in [5, 5.41) is 17.3. The molecule has 2 saturated heterocycles. The molecule has 0 aliphatic carbocycles. The van der Waals surface area contributed by atoms with Gasteiger partial charge < -0.3 is 25.4 Å². The highest BCUT2D eigenvalue weighted by Gasteiger charge is 2.39. The standard InChI is InChI=1S/C24H35N7O3/c1-4-34-19-7-5-18(6-8-19)15-25-22(32)24(33)9-11-31(12-10-24)23-26-16(2)13-20(28-23)27-21-14-17(3)29-30-21/h5-8,13,17,21,29-30,33H,4,9-12,14-15H2,1-3H3,(H,25,32)(H,26,27,28). The van der Waals surface area contributed by atoms with Crippen LogP contribution in [0.5, 0.6) is 5.75 Å². The number of aliphatic hydroxyl groups is 1. The zero-order valence-corrected chi connectivity index (χ0v) is 20.1. The van der Waals surface area contributed by atoms with Gasteiger partial charge in [0.1, 0.15) is 17.2 Å². The van der Waals surface area contributed by atoms with E-state index in [1.807, 2.05) is 49.1 Å². The molecular weight excluding hydrogens is 434 g/mol. The minimum Gasteiger partial charge on any atom is -0.494 e. The van der Waals surface area contributed by atoms with Crippen molar-refractivity contribution in [2.45, 2.75) is 64.4 Å². The number of aromatic nitrogens is 2. The smallest absolute Gasteiger partial charge is 0.252 e. The molecule has 5 N–H and O–H groups in total. The largest absolute Gasteiger partial charge is 0.494 e. The average Bonchev–Trinajstić information content (AvgIpc) is 3.23. The van der Waals surface area contributed by atoms with E-state index in [1.165, 1.54) is 0 Å². The summed E-state index contributed by atoms with van der Waals surface area (Å²) in [7, 11) is 0. The molecule has 184 valence electrons. The van der Waals surface area contributed by atoms with Crippen molar-refractivity contribution in [1.29, 1.82) is 0 Å². The number of hydrazine groups is 1. The van der Waals surface area contributed by atoms with Gasteiger partial charge in [0.25, 0.3) is 5.91 Å². The average molecular weight is 470 g/mol. The summed E-state index contributed by atoms with van der Waals surface area (Å²) in [5.41, 5.74) is 6.81. The van der Waals surface area contributed by atoms with Crippen LogP contribution in [0.25, 0.3) is 0 Å². The minimum atomic E-state index is -1.40. The summed E-state index contributed by atoms with van der Waals surface area (Å²) in [5.74, 6) is 1.82. The molecule has 0 saturated carbocycles. The van der Waals surface area contributed by atoms with Crippen molar-refractivity contribution < 1.29 is 14.6 Å². The second-order valence-corrected chi connectivity index (χ2v) is 9.10. The van der Waals surface area contributed by atoms with Gasteiger partial charge in [-0.3, -0.25) is 10.2 Å². The summed E-state index contributed by atoms with van der Waals surface area (Å²) in [6.07, 6.45) is 1.67. The number of anilines is 2. The first-order valence-corrected chi connectivity index (χ1v) is 12.0. The predicted octanol–water partition coefficient (Wildman–Crippen LogP) is 1.46. The third-order valence-corrected chi connectivity index (χ3v) is 6.24.